The molecule has 0 bridgehead atoms. The fourth-order valence-corrected chi connectivity index (χ4v) is 1.48. The fraction of sp³-hybridized carbons (Fsp3) is 0.133. The second kappa shape index (κ2) is 5.24. The summed E-state index contributed by atoms with van der Waals surface area (Å²) in [6.07, 6.45) is 0. The van der Waals surface area contributed by atoms with Crippen LogP contribution < -0.4 is 0 Å². The van der Waals surface area contributed by atoms with E-state index >= 15 is 0 Å². The van der Waals surface area contributed by atoms with Gasteiger partial charge in [-0.05, 0) is 43.2 Å². The summed E-state index contributed by atoms with van der Waals surface area (Å²) in [5, 5.41) is 0. The molecule has 0 saturated heterocycles. The minimum Gasteiger partial charge on any atom is -0.188 e. The predicted molar refractivity (Wildman–Crippen MR) is 71.5 cm³/mol. The minimum atomic E-state index is 0.863. The second-order valence-electron chi connectivity index (χ2n) is 3.95. The van der Waals surface area contributed by atoms with Gasteiger partial charge in [-0.3, -0.25) is 0 Å². The Morgan fingerprint density at radius 1 is 0.882 bits per heavy atom. The number of aliphatic imine (C=N–C) groups is 2. The molecule has 0 fully saturated rings. The lowest BCUT2D eigenvalue weighted by molar-refractivity contribution is 1.35. The number of aryl methyl sites for hydroxylation is 2. The lowest BCUT2D eigenvalue weighted by atomic mass is 10.1. The van der Waals surface area contributed by atoms with Gasteiger partial charge < -0.3 is 0 Å². The van der Waals surface area contributed by atoms with E-state index in [1.165, 1.54) is 5.56 Å². The van der Waals surface area contributed by atoms with Crippen molar-refractivity contribution in [3.8, 4) is 0 Å². The lowest BCUT2D eigenvalue weighted by Gasteiger charge is -1.98. The molecule has 0 saturated carbocycles. The van der Waals surface area contributed by atoms with Crippen molar-refractivity contribution in [2.45, 2.75) is 13.8 Å². The Morgan fingerprint density at radius 2 is 1.65 bits per heavy atom. The van der Waals surface area contributed by atoms with Gasteiger partial charge in [0.15, 0.2) is 0 Å². The minimum absolute atomic E-state index is 0.863. The van der Waals surface area contributed by atoms with Crippen molar-refractivity contribution in [2.24, 2.45) is 9.98 Å². The Morgan fingerprint density at radius 3 is 2.41 bits per heavy atom. The van der Waals surface area contributed by atoms with Crippen LogP contribution in [0.15, 0.2) is 58.5 Å². The molecule has 0 atom stereocenters. The molecule has 17 heavy (non-hydrogen) atoms. The zero-order valence-electron chi connectivity index (χ0n) is 10.0. The summed E-state index contributed by atoms with van der Waals surface area (Å²) in [5.41, 5.74) is 4.11. The van der Waals surface area contributed by atoms with E-state index in [-0.39, 0.29) is 0 Å². The normalized spacial score (nSPS) is 9.53. The largest absolute Gasteiger partial charge is 0.188 e. The van der Waals surface area contributed by atoms with Gasteiger partial charge in [-0.1, -0.05) is 30.3 Å². The van der Waals surface area contributed by atoms with Crippen LogP contribution in [0.3, 0.4) is 0 Å². The molecule has 0 unspecified atom stereocenters. The van der Waals surface area contributed by atoms with Gasteiger partial charge in [0.2, 0.25) is 0 Å². The van der Waals surface area contributed by atoms with Crippen LogP contribution >= 0.6 is 0 Å². The van der Waals surface area contributed by atoms with Crippen molar-refractivity contribution in [3.63, 3.8) is 0 Å². The lowest BCUT2D eigenvalue weighted by Crippen LogP contribution is -1.76. The van der Waals surface area contributed by atoms with Gasteiger partial charge in [-0.15, -0.1) is 0 Å². The molecule has 0 aliphatic rings. The van der Waals surface area contributed by atoms with E-state index in [4.69, 9.17) is 0 Å². The number of para-hydroxylation sites is 1. The SMILES string of the molecule is Cc1ccc(C)c(N=C=Nc2ccccc2)c1. The van der Waals surface area contributed by atoms with E-state index in [1.54, 1.807) is 0 Å². The molecule has 0 aromatic heterocycles. The Labute approximate surface area is 101 Å². The van der Waals surface area contributed by atoms with Crippen molar-refractivity contribution in [1.82, 2.24) is 0 Å². The molecule has 0 N–H and O–H groups in total. The smallest absolute Gasteiger partial charge is 0.100 e. The third-order valence-electron chi connectivity index (χ3n) is 2.47. The molecular formula is C15H14N2. The zero-order chi connectivity index (χ0) is 12.1. The molecular weight excluding hydrogens is 208 g/mol. The Kier molecular flexibility index (Phi) is 3.49. The highest BCUT2D eigenvalue weighted by Crippen LogP contribution is 2.19. The molecule has 0 radical (unpaired) electrons. The average Bonchev–Trinajstić information content (AvgIpc) is 2.35. The first-order valence-corrected chi connectivity index (χ1v) is 5.54. The highest BCUT2D eigenvalue weighted by Gasteiger charge is 1.94. The van der Waals surface area contributed by atoms with Crippen molar-refractivity contribution in [1.29, 1.82) is 0 Å². The molecule has 2 rings (SSSR count). The molecule has 0 heterocycles. The summed E-state index contributed by atoms with van der Waals surface area (Å²) in [4.78, 5) is 8.40. The summed E-state index contributed by atoms with van der Waals surface area (Å²) in [6.45, 7) is 4.08. The number of hydrogen-bond acceptors (Lipinski definition) is 2. The summed E-state index contributed by atoms with van der Waals surface area (Å²) in [6, 6.07) is 18.6. The van der Waals surface area contributed by atoms with E-state index in [2.05, 4.69) is 28.1 Å². The number of hydrogen-bond donors (Lipinski definition) is 0. The van der Waals surface area contributed by atoms with Gasteiger partial charge >= 0.3 is 0 Å². The van der Waals surface area contributed by atoms with Crippen molar-refractivity contribution in [2.75, 3.05) is 0 Å². The van der Waals surface area contributed by atoms with E-state index in [1.807, 2.05) is 50.2 Å². The Balaban J connectivity index is 2.26. The van der Waals surface area contributed by atoms with Crippen LogP contribution in [0.25, 0.3) is 0 Å². The van der Waals surface area contributed by atoms with Crippen LogP contribution in [-0.4, -0.2) is 6.01 Å². The molecule has 0 spiro atoms. The van der Waals surface area contributed by atoms with Crippen LogP contribution in [-0.2, 0) is 0 Å². The number of nitrogens with zero attached hydrogens (tertiary/aromatic N) is 2. The van der Waals surface area contributed by atoms with Crippen molar-refractivity contribution < 1.29 is 0 Å². The number of benzene rings is 2. The molecule has 2 heteroatoms. The quantitative estimate of drug-likeness (QED) is 0.671. The topological polar surface area (TPSA) is 24.7 Å². The van der Waals surface area contributed by atoms with Crippen LogP contribution in [0.4, 0.5) is 11.4 Å². The maximum absolute atomic E-state index is 4.25. The van der Waals surface area contributed by atoms with Gasteiger partial charge in [-0.25, -0.2) is 0 Å². The monoisotopic (exact) mass is 222 g/mol. The molecule has 2 nitrogen and oxygen atoms in total. The average molecular weight is 222 g/mol. The third-order valence-corrected chi connectivity index (χ3v) is 2.47. The molecule has 0 aliphatic heterocycles. The molecule has 0 aliphatic carbocycles. The summed E-state index contributed by atoms with van der Waals surface area (Å²) < 4.78 is 0. The summed E-state index contributed by atoms with van der Waals surface area (Å²) in [5.74, 6) is 0. The van der Waals surface area contributed by atoms with E-state index < -0.39 is 0 Å². The number of rotatable bonds is 2. The predicted octanol–water partition coefficient (Wildman–Crippen LogP) is 4.44. The van der Waals surface area contributed by atoms with Gasteiger partial charge in [-0.2, -0.15) is 9.98 Å². The first-order valence-electron chi connectivity index (χ1n) is 5.54. The highest BCUT2D eigenvalue weighted by molar-refractivity contribution is 5.60. The molecule has 2 aromatic carbocycles. The van der Waals surface area contributed by atoms with Gasteiger partial charge in [0.1, 0.15) is 6.01 Å². The van der Waals surface area contributed by atoms with Crippen LogP contribution in [0.2, 0.25) is 0 Å². The van der Waals surface area contributed by atoms with Gasteiger partial charge in [0.05, 0.1) is 11.4 Å². The first-order chi connectivity index (χ1) is 8.25. The highest BCUT2D eigenvalue weighted by atomic mass is 14.8. The van der Waals surface area contributed by atoms with Crippen molar-refractivity contribution >= 4 is 17.4 Å². The van der Waals surface area contributed by atoms with Crippen molar-refractivity contribution in [3.05, 3.63) is 59.7 Å². The third kappa shape index (κ3) is 3.13. The maximum atomic E-state index is 4.25. The van der Waals surface area contributed by atoms with Crippen LogP contribution in [0.5, 0.6) is 0 Å². The Hall–Kier alpha value is -2.18. The molecule has 84 valence electrons. The molecule has 0 amide bonds. The maximum Gasteiger partial charge on any atom is 0.100 e. The second-order valence-corrected chi connectivity index (χ2v) is 3.95. The fourth-order valence-electron chi connectivity index (χ4n) is 1.48. The van der Waals surface area contributed by atoms with Gasteiger partial charge in [0, 0.05) is 0 Å². The van der Waals surface area contributed by atoms with E-state index in [0.717, 1.165) is 16.9 Å². The van der Waals surface area contributed by atoms with E-state index in [9.17, 15) is 0 Å². The summed E-state index contributed by atoms with van der Waals surface area (Å²) in [7, 11) is 0. The van der Waals surface area contributed by atoms with E-state index in [0.29, 0.717) is 0 Å². The van der Waals surface area contributed by atoms with Gasteiger partial charge in [0.25, 0.3) is 0 Å². The summed E-state index contributed by atoms with van der Waals surface area (Å²) >= 11 is 0. The Bertz CT molecular complexity index is 565. The molecule has 2 aromatic rings. The first kappa shape index (κ1) is 11.3. The standard InChI is InChI=1S/C15H14N2/c1-12-8-9-13(2)15(10-12)17-11-16-14-6-4-3-5-7-14/h3-10H,1-2H3. The zero-order valence-corrected chi connectivity index (χ0v) is 10.0. The van der Waals surface area contributed by atoms with Crippen LogP contribution in [0, 0.1) is 13.8 Å². The van der Waals surface area contributed by atoms with Crippen LogP contribution in [0.1, 0.15) is 11.1 Å².